The highest BCUT2D eigenvalue weighted by molar-refractivity contribution is 7.92. The third-order valence-corrected chi connectivity index (χ3v) is 5.02. The molecular weight excluding hydrogens is 345 g/mol. The largest absolute Gasteiger partial charge is 0.478 e. The summed E-state index contributed by atoms with van der Waals surface area (Å²) in [6, 6.07) is 7.62. The Bertz CT molecular complexity index is 868. The number of hydrogen-bond acceptors (Lipinski definition) is 3. The smallest absolute Gasteiger partial charge is 0.339 e. The molecule has 0 fully saturated rings. The highest BCUT2D eigenvalue weighted by Crippen LogP contribution is 2.30. The first-order valence-electron chi connectivity index (χ1n) is 6.60. The molecule has 23 heavy (non-hydrogen) atoms. The van der Waals surface area contributed by atoms with Gasteiger partial charge in [0.05, 0.1) is 10.7 Å². The van der Waals surface area contributed by atoms with Crippen LogP contribution in [0.1, 0.15) is 22.8 Å². The molecule has 0 spiro atoms. The minimum Gasteiger partial charge on any atom is -0.478 e. The predicted molar refractivity (Wildman–Crippen MR) is 85.0 cm³/mol. The molecule has 0 amide bonds. The normalized spacial score (nSPS) is 11.3. The molecule has 0 aliphatic heterocycles. The molecule has 5 nitrogen and oxygen atoms in total. The molecule has 0 aliphatic carbocycles. The van der Waals surface area contributed by atoms with Crippen molar-refractivity contribution < 1.29 is 22.7 Å². The van der Waals surface area contributed by atoms with Gasteiger partial charge in [0, 0.05) is 0 Å². The summed E-state index contributed by atoms with van der Waals surface area (Å²) >= 11 is 6.03. The maximum atomic E-state index is 13.7. The molecule has 0 saturated carbocycles. The third kappa shape index (κ3) is 3.46. The first kappa shape index (κ1) is 17.2. The van der Waals surface area contributed by atoms with E-state index in [4.69, 9.17) is 11.6 Å². The molecular formula is C15H13ClFNO4S. The van der Waals surface area contributed by atoms with E-state index in [0.29, 0.717) is 12.0 Å². The van der Waals surface area contributed by atoms with Crippen LogP contribution in [0.4, 0.5) is 10.1 Å². The average molecular weight is 358 g/mol. The Morgan fingerprint density at radius 2 is 1.91 bits per heavy atom. The maximum Gasteiger partial charge on any atom is 0.339 e. The van der Waals surface area contributed by atoms with Crippen molar-refractivity contribution in [1.29, 1.82) is 0 Å². The fraction of sp³-hybridized carbons (Fsp3) is 0.133. The topological polar surface area (TPSA) is 83.5 Å². The van der Waals surface area contributed by atoms with Gasteiger partial charge in [0.15, 0.2) is 0 Å². The van der Waals surface area contributed by atoms with Crippen molar-refractivity contribution in [3.8, 4) is 0 Å². The summed E-state index contributed by atoms with van der Waals surface area (Å²) in [4.78, 5) is 10.8. The number of rotatable bonds is 5. The van der Waals surface area contributed by atoms with Crippen LogP contribution in [-0.4, -0.2) is 19.5 Å². The van der Waals surface area contributed by atoms with Crippen molar-refractivity contribution in [2.45, 2.75) is 18.2 Å². The quantitative estimate of drug-likeness (QED) is 0.857. The number of hydrogen-bond donors (Lipinski definition) is 2. The molecule has 0 aliphatic rings. The standard InChI is InChI=1S/C15H13ClFNO4S/c1-2-9-7-8-11(13(14(9)16)15(19)20)18-23(21,22)12-6-4-3-5-10(12)17/h3-8,18H,2H2,1H3,(H,19,20). The molecule has 0 atom stereocenters. The third-order valence-electron chi connectivity index (χ3n) is 3.19. The van der Waals surface area contributed by atoms with Crippen molar-refractivity contribution in [1.82, 2.24) is 0 Å². The summed E-state index contributed by atoms with van der Waals surface area (Å²) in [6.07, 6.45) is 0.486. The molecule has 2 rings (SSSR count). The molecule has 122 valence electrons. The van der Waals surface area contributed by atoms with E-state index in [2.05, 4.69) is 4.72 Å². The van der Waals surface area contributed by atoms with Crippen LogP contribution in [0.3, 0.4) is 0 Å². The Morgan fingerprint density at radius 3 is 2.48 bits per heavy atom. The SMILES string of the molecule is CCc1ccc(NS(=O)(=O)c2ccccc2F)c(C(=O)O)c1Cl. The number of benzene rings is 2. The minimum absolute atomic E-state index is 0.0475. The second kappa shape index (κ2) is 6.55. The van der Waals surface area contributed by atoms with Gasteiger partial charge in [-0.1, -0.05) is 36.7 Å². The Morgan fingerprint density at radius 1 is 1.26 bits per heavy atom. The highest BCUT2D eigenvalue weighted by atomic mass is 35.5. The van der Waals surface area contributed by atoms with Gasteiger partial charge in [0.25, 0.3) is 10.0 Å². The van der Waals surface area contributed by atoms with Gasteiger partial charge < -0.3 is 5.11 Å². The predicted octanol–water partition coefficient (Wildman–Crippen LogP) is 3.54. The van der Waals surface area contributed by atoms with E-state index in [-0.39, 0.29) is 16.3 Å². The number of sulfonamides is 1. The van der Waals surface area contributed by atoms with Crippen LogP contribution in [0, 0.1) is 5.82 Å². The minimum atomic E-state index is -4.28. The summed E-state index contributed by atoms with van der Waals surface area (Å²) in [7, 11) is -4.28. The lowest BCUT2D eigenvalue weighted by Gasteiger charge is -2.14. The Balaban J connectivity index is 2.54. The summed E-state index contributed by atoms with van der Waals surface area (Å²) < 4.78 is 40.3. The van der Waals surface area contributed by atoms with Crippen LogP contribution in [-0.2, 0) is 16.4 Å². The van der Waals surface area contributed by atoms with Crippen molar-refractivity contribution in [2.75, 3.05) is 4.72 Å². The molecule has 0 aromatic heterocycles. The molecule has 0 radical (unpaired) electrons. The fourth-order valence-electron chi connectivity index (χ4n) is 2.05. The lowest BCUT2D eigenvalue weighted by atomic mass is 10.1. The van der Waals surface area contributed by atoms with Gasteiger partial charge >= 0.3 is 5.97 Å². The Labute approximate surface area is 137 Å². The number of aromatic carboxylic acids is 1. The van der Waals surface area contributed by atoms with Crippen LogP contribution in [0.5, 0.6) is 0 Å². The molecule has 0 bridgehead atoms. The Kier molecular flexibility index (Phi) is 4.91. The molecule has 2 N–H and O–H groups in total. The second-order valence-corrected chi connectivity index (χ2v) is 6.68. The van der Waals surface area contributed by atoms with E-state index in [1.807, 2.05) is 0 Å². The van der Waals surface area contributed by atoms with Crippen LogP contribution in [0.15, 0.2) is 41.3 Å². The molecule has 0 saturated heterocycles. The Hall–Kier alpha value is -2.12. The number of halogens is 2. The van der Waals surface area contributed by atoms with E-state index < -0.39 is 26.7 Å². The number of carboxylic acids is 1. The lowest BCUT2D eigenvalue weighted by Crippen LogP contribution is -2.17. The van der Waals surface area contributed by atoms with Crippen LogP contribution < -0.4 is 4.72 Å². The van der Waals surface area contributed by atoms with Crippen LogP contribution in [0.2, 0.25) is 5.02 Å². The summed E-state index contributed by atoms with van der Waals surface area (Å²) in [5.41, 5.74) is -0.0215. The number of nitrogens with one attached hydrogen (secondary N) is 1. The summed E-state index contributed by atoms with van der Waals surface area (Å²) in [6.45, 7) is 1.79. The van der Waals surface area contributed by atoms with Crippen LogP contribution >= 0.6 is 11.6 Å². The van der Waals surface area contributed by atoms with Gasteiger partial charge in [-0.15, -0.1) is 0 Å². The monoisotopic (exact) mass is 357 g/mol. The number of aryl methyl sites for hydroxylation is 1. The zero-order chi connectivity index (χ0) is 17.2. The van der Waals surface area contributed by atoms with Gasteiger partial charge in [0.1, 0.15) is 16.3 Å². The highest BCUT2D eigenvalue weighted by Gasteiger charge is 2.24. The van der Waals surface area contributed by atoms with Gasteiger partial charge in [-0.25, -0.2) is 17.6 Å². The molecule has 0 unspecified atom stereocenters. The summed E-state index contributed by atoms with van der Waals surface area (Å²) in [5, 5.41) is 9.25. The van der Waals surface area contributed by atoms with Gasteiger partial charge in [-0.05, 0) is 30.2 Å². The van der Waals surface area contributed by atoms with Crippen LogP contribution in [0.25, 0.3) is 0 Å². The first-order valence-corrected chi connectivity index (χ1v) is 8.46. The number of carboxylic acid groups (broad SMARTS) is 1. The molecule has 2 aromatic carbocycles. The van der Waals surface area contributed by atoms with Crippen molar-refractivity contribution >= 4 is 33.3 Å². The maximum absolute atomic E-state index is 13.7. The first-order chi connectivity index (χ1) is 10.8. The molecule has 8 heteroatoms. The number of carbonyl (C=O) groups is 1. The molecule has 2 aromatic rings. The van der Waals surface area contributed by atoms with Crippen molar-refractivity contribution in [3.63, 3.8) is 0 Å². The zero-order valence-corrected chi connectivity index (χ0v) is 13.6. The average Bonchev–Trinajstić information content (AvgIpc) is 2.47. The molecule has 0 heterocycles. The van der Waals surface area contributed by atoms with E-state index in [1.54, 1.807) is 6.92 Å². The van der Waals surface area contributed by atoms with Gasteiger partial charge in [-0.2, -0.15) is 0 Å². The summed E-state index contributed by atoms with van der Waals surface area (Å²) in [5.74, 6) is -2.32. The number of anilines is 1. The van der Waals surface area contributed by atoms with Gasteiger partial charge in [0.2, 0.25) is 0 Å². The van der Waals surface area contributed by atoms with E-state index in [1.165, 1.54) is 24.3 Å². The van der Waals surface area contributed by atoms with E-state index >= 15 is 0 Å². The van der Waals surface area contributed by atoms with Crippen molar-refractivity contribution in [3.05, 3.63) is 58.4 Å². The van der Waals surface area contributed by atoms with Crippen molar-refractivity contribution in [2.24, 2.45) is 0 Å². The van der Waals surface area contributed by atoms with E-state index in [9.17, 15) is 22.7 Å². The van der Waals surface area contributed by atoms with Gasteiger partial charge in [-0.3, -0.25) is 4.72 Å². The zero-order valence-electron chi connectivity index (χ0n) is 12.0. The van der Waals surface area contributed by atoms with E-state index in [0.717, 1.165) is 12.1 Å². The lowest BCUT2D eigenvalue weighted by molar-refractivity contribution is 0.0698. The fourth-order valence-corrected chi connectivity index (χ4v) is 3.58. The second-order valence-electron chi connectivity index (χ2n) is 4.66.